The summed E-state index contributed by atoms with van der Waals surface area (Å²) in [5.74, 6) is -1.89. The number of hydrogen-bond donors (Lipinski definition) is 1. The van der Waals surface area contributed by atoms with Gasteiger partial charge < -0.3 is 10.2 Å². The Hall–Kier alpha value is -4.19. The van der Waals surface area contributed by atoms with E-state index in [9.17, 15) is 14.4 Å². The van der Waals surface area contributed by atoms with Crippen molar-refractivity contribution in [3.8, 4) is 0 Å². The minimum atomic E-state index is -1.37. The van der Waals surface area contributed by atoms with Crippen molar-refractivity contribution in [2.24, 2.45) is 5.92 Å². The number of amides is 1. The van der Waals surface area contributed by atoms with Crippen molar-refractivity contribution in [1.29, 1.82) is 0 Å². The molecule has 5 nitrogen and oxygen atoms in total. The average molecular weight is 565 g/mol. The molecule has 40 heavy (non-hydrogen) atoms. The van der Waals surface area contributed by atoms with Gasteiger partial charge in [-0.3, -0.25) is 14.4 Å². The Labute approximate surface area is 241 Å². The molecule has 7 heteroatoms. The first kappa shape index (κ1) is 24.8. The lowest BCUT2D eigenvalue weighted by Gasteiger charge is -2.38. The van der Waals surface area contributed by atoms with E-state index >= 15 is 0 Å². The van der Waals surface area contributed by atoms with E-state index in [-0.39, 0.29) is 17.5 Å². The van der Waals surface area contributed by atoms with Gasteiger partial charge in [0.25, 0.3) is 0 Å². The Morgan fingerprint density at radius 3 is 2.05 bits per heavy atom. The smallest absolute Gasteiger partial charge is 0.238 e. The SMILES string of the molecule is O=C(c1ccc(Cl)cc1)[C@@H]1[C@H](C(=O)c2ccc(Cl)cc2)N2C=Cc3ccccc3[C@@H]2[C@]12C(=O)Nc1ccccc12. The van der Waals surface area contributed by atoms with Crippen LogP contribution < -0.4 is 5.32 Å². The van der Waals surface area contributed by atoms with Crippen molar-refractivity contribution >= 4 is 52.4 Å². The zero-order chi connectivity index (χ0) is 27.6. The number of nitrogens with one attached hydrogen (secondary N) is 1. The third-order valence-corrected chi connectivity index (χ3v) is 8.88. The van der Waals surface area contributed by atoms with E-state index in [4.69, 9.17) is 23.2 Å². The van der Waals surface area contributed by atoms with Crippen LogP contribution in [0.25, 0.3) is 6.08 Å². The van der Waals surface area contributed by atoms with E-state index < -0.39 is 23.4 Å². The lowest BCUT2D eigenvalue weighted by molar-refractivity contribution is -0.122. The molecule has 0 saturated carbocycles. The molecular weight excluding hydrogens is 543 g/mol. The van der Waals surface area contributed by atoms with Gasteiger partial charge in [0, 0.05) is 33.1 Å². The highest BCUT2D eigenvalue weighted by atomic mass is 35.5. The Balaban J connectivity index is 1.53. The topological polar surface area (TPSA) is 66.5 Å². The van der Waals surface area contributed by atoms with E-state index in [0.717, 1.165) is 11.1 Å². The van der Waals surface area contributed by atoms with Crippen LogP contribution in [0.1, 0.15) is 43.4 Å². The minimum Gasteiger partial charge on any atom is -0.358 e. The second-order valence-corrected chi connectivity index (χ2v) is 11.2. The predicted octanol–water partition coefficient (Wildman–Crippen LogP) is 6.98. The van der Waals surface area contributed by atoms with Crippen molar-refractivity contribution in [3.05, 3.63) is 141 Å². The second kappa shape index (κ2) is 9.19. The summed E-state index contributed by atoms with van der Waals surface area (Å²) in [4.78, 5) is 45.5. The fourth-order valence-corrected chi connectivity index (χ4v) is 7.00. The van der Waals surface area contributed by atoms with Crippen molar-refractivity contribution in [3.63, 3.8) is 0 Å². The Kier molecular flexibility index (Phi) is 5.70. The Bertz CT molecular complexity index is 1730. The van der Waals surface area contributed by atoms with Gasteiger partial charge in [-0.25, -0.2) is 0 Å². The molecule has 0 bridgehead atoms. The summed E-state index contributed by atoms with van der Waals surface area (Å²) in [7, 11) is 0. The zero-order valence-electron chi connectivity index (χ0n) is 21.1. The van der Waals surface area contributed by atoms with Crippen molar-refractivity contribution < 1.29 is 14.4 Å². The molecule has 7 rings (SSSR count). The molecule has 1 N–H and O–H groups in total. The number of rotatable bonds is 4. The lowest BCUT2D eigenvalue weighted by atomic mass is 9.62. The Morgan fingerprint density at radius 2 is 1.35 bits per heavy atom. The van der Waals surface area contributed by atoms with Crippen LogP contribution in [0.4, 0.5) is 5.69 Å². The molecule has 0 unspecified atom stereocenters. The molecular formula is C33H22Cl2N2O3. The monoisotopic (exact) mass is 564 g/mol. The zero-order valence-corrected chi connectivity index (χ0v) is 22.6. The highest BCUT2D eigenvalue weighted by molar-refractivity contribution is 6.31. The highest BCUT2D eigenvalue weighted by Crippen LogP contribution is 2.62. The predicted molar refractivity (Wildman–Crippen MR) is 156 cm³/mol. The summed E-state index contributed by atoms with van der Waals surface area (Å²) < 4.78 is 0. The van der Waals surface area contributed by atoms with Crippen LogP contribution >= 0.6 is 23.2 Å². The number of carbonyl (C=O) groups is 3. The number of fused-ring (bicyclic) bond motifs is 6. The fourth-order valence-electron chi connectivity index (χ4n) is 6.75. The van der Waals surface area contributed by atoms with E-state index in [1.807, 2.05) is 65.7 Å². The van der Waals surface area contributed by atoms with E-state index in [0.29, 0.717) is 32.4 Å². The summed E-state index contributed by atoms with van der Waals surface area (Å²) in [5, 5.41) is 4.05. The number of para-hydroxylation sites is 1. The molecule has 1 spiro atoms. The van der Waals surface area contributed by atoms with Crippen LogP contribution in [0.5, 0.6) is 0 Å². The summed E-state index contributed by atoms with van der Waals surface area (Å²) in [6, 6.07) is 27.0. The van der Waals surface area contributed by atoms with Gasteiger partial charge in [-0.1, -0.05) is 65.7 Å². The molecule has 3 aliphatic heterocycles. The van der Waals surface area contributed by atoms with Crippen LogP contribution in [0.2, 0.25) is 10.0 Å². The molecule has 1 amide bonds. The normalized spacial score (nSPS) is 23.9. The van der Waals surface area contributed by atoms with Crippen LogP contribution in [0.3, 0.4) is 0 Å². The molecule has 4 aromatic carbocycles. The van der Waals surface area contributed by atoms with E-state index in [2.05, 4.69) is 5.32 Å². The maximum atomic E-state index is 14.7. The van der Waals surface area contributed by atoms with Crippen LogP contribution in [-0.2, 0) is 10.2 Å². The van der Waals surface area contributed by atoms with Crippen molar-refractivity contribution in [2.45, 2.75) is 17.5 Å². The highest BCUT2D eigenvalue weighted by Gasteiger charge is 2.70. The minimum absolute atomic E-state index is 0.257. The molecule has 3 heterocycles. The maximum absolute atomic E-state index is 14.7. The number of nitrogens with zero attached hydrogens (tertiary/aromatic N) is 1. The van der Waals surface area contributed by atoms with Gasteiger partial charge in [0.2, 0.25) is 5.91 Å². The van der Waals surface area contributed by atoms with Crippen LogP contribution in [-0.4, -0.2) is 28.4 Å². The average Bonchev–Trinajstić information content (AvgIpc) is 3.45. The molecule has 1 saturated heterocycles. The molecule has 3 aliphatic rings. The molecule has 0 radical (unpaired) electrons. The number of Topliss-reactive ketones (excluding diaryl/α,β-unsaturated/α-hetero) is 2. The van der Waals surface area contributed by atoms with Gasteiger partial charge in [0.05, 0.1) is 12.0 Å². The number of ketones is 2. The summed E-state index contributed by atoms with van der Waals surface area (Å²) in [5.41, 5.74) is 2.61. The first-order valence-electron chi connectivity index (χ1n) is 13.0. The largest absolute Gasteiger partial charge is 0.358 e. The van der Waals surface area contributed by atoms with Crippen molar-refractivity contribution in [1.82, 2.24) is 4.90 Å². The van der Waals surface area contributed by atoms with Gasteiger partial charge in [0.15, 0.2) is 11.6 Å². The third-order valence-electron chi connectivity index (χ3n) is 8.38. The first-order chi connectivity index (χ1) is 19.4. The molecule has 0 aromatic heterocycles. The standard InChI is InChI=1S/C33H22Cl2N2O3/c34-22-13-9-20(10-14-22)29(38)27-28(30(39)21-11-15-23(35)16-12-21)37-18-17-19-5-1-2-6-24(19)31(37)33(27)25-7-3-4-8-26(25)36-32(33)40/h1-18,27-28,31H,(H,36,40)/t27-,28+,31+,33+/m0/s1. The fraction of sp³-hybridized carbons (Fsp3) is 0.121. The summed E-state index contributed by atoms with van der Waals surface area (Å²) in [6.45, 7) is 0. The van der Waals surface area contributed by atoms with Gasteiger partial charge in [0.1, 0.15) is 11.5 Å². The molecule has 196 valence electrons. The lowest BCUT2D eigenvalue weighted by Crippen LogP contribution is -2.49. The van der Waals surface area contributed by atoms with Gasteiger partial charge in [-0.2, -0.15) is 0 Å². The van der Waals surface area contributed by atoms with Gasteiger partial charge >= 0.3 is 0 Å². The molecule has 1 fully saturated rings. The Morgan fingerprint density at radius 1 is 0.750 bits per heavy atom. The summed E-state index contributed by atoms with van der Waals surface area (Å²) in [6.07, 6.45) is 3.80. The maximum Gasteiger partial charge on any atom is 0.238 e. The molecule has 4 atom stereocenters. The first-order valence-corrected chi connectivity index (χ1v) is 13.7. The number of halogens is 2. The molecule has 0 aliphatic carbocycles. The number of carbonyl (C=O) groups excluding carboxylic acids is 3. The van der Waals surface area contributed by atoms with E-state index in [1.54, 1.807) is 48.5 Å². The van der Waals surface area contributed by atoms with Gasteiger partial charge in [-0.05, 0) is 77.4 Å². The molecule has 4 aromatic rings. The summed E-state index contributed by atoms with van der Waals surface area (Å²) >= 11 is 12.3. The quantitative estimate of drug-likeness (QED) is 0.272. The number of anilines is 1. The van der Waals surface area contributed by atoms with Gasteiger partial charge in [-0.15, -0.1) is 0 Å². The third kappa shape index (κ3) is 3.44. The van der Waals surface area contributed by atoms with Crippen molar-refractivity contribution in [2.75, 3.05) is 5.32 Å². The van der Waals surface area contributed by atoms with Crippen LogP contribution in [0, 0.1) is 5.92 Å². The number of benzene rings is 4. The number of hydrogen-bond acceptors (Lipinski definition) is 4. The second-order valence-electron chi connectivity index (χ2n) is 10.3. The van der Waals surface area contributed by atoms with E-state index in [1.165, 1.54) is 0 Å². The van der Waals surface area contributed by atoms with Crippen LogP contribution in [0.15, 0.2) is 103 Å².